The van der Waals surface area contributed by atoms with Crippen molar-refractivity contribution in [1.29, 1.82) is 0 Å². The lowest BCUT2D eigenvalue weighted by molar-refractivity contribution is 0.637. The Labute approximate surface area is 169 Å². The molecule has 2 aromatic carbocycles. The third-order valence-electron chi connectivity index (χ3n) is 5.25. The molecule has 1 aliphatic carbocycles. The molecule has 0 spiro atoms. The zero-order valence-corrected chi connectivity index (χ0v) is 16.2. The summed E-state index contributed by atoms with van der Waals surface area (Å²) in [5.74, 6) is 0.929. The van der Waals surface area contributed by atoms with Crippen LogP contribution in [0.25, 0.3) is 22.2 Å². The van der Waals surface area contributed by atoms with Crippen molar-refractivity contribution in [3.63, 3.8) is 0 Å². The van der Waals surface area contributed by atoms with Crippen LogP contribution >= 0.6 is 0 Å². The van der Waals surface area contributed by atoms with Gasteiger partial charge in [-0.25, -0.2) is 15.4 Å². The molecule has 3 aromatic rings. The van der Waals surface area contributed by atoms with Crippen molar-refractivity contribution < 1.29 is 0 Å². The molecule has 5 heteroatoms. The monoisotopic (exact) mass is 379 g/mol. The van der Waals surface area contributed by atoms with Gasteiger partial charge in [-0.05, 0) is 25.5 Å². The molecule has 2 aliphatic rings. The van der Waals surface area contributed by atoms with Gasteiger partial charge < -0.3 is 0 Å². The van der Waals surface area contributed by atoms with Crippen molar-refractivity contribution in [2.75, 3.05) is 5.43 Å². The van der Waals surface area contributed by atoms with Gasteiger partial charge in [0, 0.05) is 16.9 Å². The van der Waals surface area contributed by atoms with Gasteiger partial charge in [0.05, 0.1) is 29.2 Å². The number of benzene rings is 2. The third-order valence-corrected chi connectivity index (χ3v) is 5.25. The van der Waals surface area contributed by atoms with Gasteiger partial charge >= 0.3 is 0 Å². The topological polar surface area (TPSA) is 62.5 Å². The summed E-state index contributed by atoms with van der Waals surface area (Å²) < 4.78 is 0. The highest BCUT2D eigenvalue weighted by Crippen LogP contribution is 2.28. The number of aryl methyl sites for hydroxylation is 1. The van der Waals surface area contributed by atoms with Gasteiger partial charge in [0.1, 0.15) is 0 Å². The number of anilines is 1. The minimum absolute atomic E-state index is 0.242. The number of hydrogen-bond acceptors (Lipinski definition) is 5. The first-order chi connectivity index (χ1) is 14.3. The summed E-state index contributed by atoms with van der Waals surface area (Å²) in [4.78, 5) is 14.1. The van der Waals surface area contributed by atoms with Crippen LogP contribution in [-0.2, 0) is 0 Å². The molecule has 0 fully saturated rings. The van der Waals surface area contributed by atoms with E-state index in [9.17, 15) is 0 Å². The van der Waals surface area contributed by atoms with Gasteiger partial charge in [0.15, 0.2) is 0 Å². The molecule has 5 nitrogen and oxygen atoms in total. The summed E-state index contributed by atoms with van der Waals surface area (Å²) in [5.41, 5.74) is 8.02. The number of allylic oxidation sites excluding steroid dienone is 2. The van der Waals surface area contributed by atoms with Crippen LogP contribution in [0.1, 0.15) is 12.0 Å². The molecule has 0 saturated heterocycles. The molecule has 0 unspecified atom stereocenters. The van der Waals surface area contributed by atoms with E-state index in [0.717, 1.165) is 34.3 Å². The number of nitrogens with zero attached hydrogens (tertiary/aromatic N) is 4. The van der Waals surface area contributed by atoms with Crippen molar-refractivity contribution in [2.45, 2.75) is 19.4 Å². The highest BCUT2D eigenvalue weighted by Gasteiger charge is 2.25. The predicted molar refractivity (Wildman–Crippen MR) is 119 cm³/mol. The SMILES string of the molecule is Cc1ccc2nc(N/N=C\C3=N[C@H]4C=CC=C[C@H]4C3)nc(-c3ccccc3)c2c1. The molecule has 0 saturated carbocycles. The van der Waals surface area contributed by atoms with E-state index in [-0.39, 0.29) is 6.04 Å². The zero-order valence-electron chi connectivity index (χ0n) is 16.2. The maximum absolute atomic E-state index is 4.75. The molecule has 0 radical (unpaired) electrons. The number of nitrogens with one attached hydrogen (secondary N) is 1. The molecular formula is C24H21N5. The summed E-state index contributed by atoms with van der Waals surface area (Å²) in [7, 11) is 0. The van der Waals surface area contributed by atoms with E-state index in [1.807, 2.05) is 24.3 Å². The quantitative estimate of drug-likeness (QED) is 0.515. The van der Waals surface area contributed by atoms with Gasteiger partial charge in [0.2, 0.25) is 5.95 Å². The van der Waals surface area contributed by atoms with E-state index in [0.29, 0.717) is 11.9 Å². The lowest BCUT2D eigenvalue weighted by Crippen LogP contribution is -2.10. The Morgan fingerprint density at radius 1 is 1.03 bits per heavy atom. The van der Waals surface area contributed by atoms with Crippen LogP contribution in [-0.4, -0.2) is 27.9 Å². The molecule has 1 N–H and O–H groups in total. The Hall–Kier alpha value is -3.60. The van der Waals surface area contributed by atoms with Gasteiger partial charge in [0.25, 0.3) is 0 Å². The van der Waals surface area contributed by atoms with E-state index < -0.39 is 0 Å². The number of aliphatic imine (C=N–C) groups is 1. The summed E-state index contributed by atoms with van der Waals surface area (Å²) >= 11 is 0. The van der Waals surface area contributed by atoms with Crippen LogP contribution in [0, 0.1) is 12.8 Å². The minimum Gasteiger partial charge on any atom is -0.280 e. The van der Waals surface area contributed by atoms with Crippen LogP contribution in [0.5, 0.6) is 0 Å². The lowest BCUT2D eigenvalue weighted by Gasteiger charge is -2.11. The molecule has 29 heavy (non-hydrogen) atoms. The fourth-order valence-corrected chi connectivity index (χ4v) is 3.81. The molecule has 1 aromatic heterocycles. The van der Waals surface area contributed by atoms with Crippen molar-refractivity contribution in [2.24, 2.45) is 16.0 Å². The van der Waals surface area contributed by atoms with E-state index >= 15 is 0 Å². The predicted octanol–water partition coefficient (Wildman–Crippen LogP) is 4.96. The zero-order chi connectivity index (χ0) is 19.6. The van der Waals surface area contributed by atoms with Gasteiger partial charge in [-0.3, -0.25) is 4.99 Å². The Balaban J connectivity index is 1.44. The van der Waals surface area contributed by atoms with E-state index in [1.54, 1.807) is 6.21 Å². The summed E-state index contributed by atoms with van der Waals surface area (Å²) in [5, 5.41) is 5.40. The summed E-state index contributed by atoms with van der Waals surface area (Å²) in [6, 6.07) is 16.6. The van der Waals surface area contributed by atoms with Crippen molar-refractivity contribution in [1.82, 2.24) is 9.97 Å². The van der Waals surface area contributed by atoms with Crippen LogP contribution in [0.15, 0.2) is 82.9 Å². The Bertz CT molecular complexity index is 1170. The van der Waals surface area contributed by atoms with Crippen LogP contribution in [0.4, 0.5) is 5.95 Å². The first-order valence-corrected chi connectivity index (χ1v) is 9.81. The van der Waals surface area contributed by atoms with Crippen molar-refractivity contribution in [3.05, 3.63) is 78.4 Å². The van der Waals surface area contributed by atoms with Crippen molar-refractivity contribution >= 4 is 28.8 Å². The second-order valence-corrected chi connectivity index (χ2v) is 7.40. The van der Waals surface area contributed by atoms with Crippen molar-refractivity contribution in [3.8, 4) is 11.3 Å². The first-order valence-electron chi connectivity index (χ1n) is 9.81. The number of fused-ring (bicyclic) bond motifs is 2. The number of aromatic nitrogens is 2. The smallest absolute Gasteiger partial charge is 0.244 e. The minimum atomic E-state index is 0.242. The molecule has 1 aliphatic heterocycles. The molecule has 0 bridgehead atoms. The van der Waals surface area contributed by atoms with E-state index in [2.05, 4.69) is 71.0 Å². The maximum atomic E-state index is 4.75. The van der Waals surface area contributed by atoms with Crippen LogP contribution in [0.2, 0.25) is 0 Å². The second kappa shape index (κ2) is 7.43. The summed E-state index contributed by atoms with van der Waals surface area (Å²) in [6.07, 6.45) is 11.2. The van der Waals surface area contributed by atoms with Gasteiger partial charge in [-0.2, -0.15) is 5.10 Å². The number of rotatable bonds is 4. The Morgan fingerprint density at radius 2 is 1.90 bits per heavy atom. The number of hydrogen-bond donors (Lipinski definition) is 1. The number of hydrazone groups is 1. The standard InChI is InChI=1S/C24H21N5/c1-16-11-12-22-20(13-16)23(17-7-3-2-4-8-17)28-24(27-22)29-25-15-19-14-18-9-5-6-10-21(18)26-19/h2-13,15,18,21H,14H2,1H3,(H,27,28,29)/b25-15-/t18-,21-/m0/s1. The largest absolute Gasteiger partial charge is 0.280 e. The van der Waals surface area contributed by atoms with Crippen LogP contribution < -0.4 is 5.43 Å². The summed E-state index contributed by atoms with van der Waals surface area (Å²) in [6.45, 7) is 2.08. The highest BCUT2D eigenvalue weighted by atomic mass is 15.3. The molecule has 142 valence electrons. The molecule has 2 heterocycles. The van der Waals surface area contributed by atoms with Gasteiger partial charge in [-0.1, -0.05) is 66.3 Å². The third kappa shape index (κ3) is 3.59. The van der Waals surface area contributed by atoms with E-state index in [4.69, 9.17) is 9.98 Å². The molecule has 2 atom stereocenters. The first kappa shape index (κ1) is 17.5. The fraction of sp³-hybridized carbons (Fsp3) is 0.167. The Morgan fingerprint density at radius 3 is 2.76 bits per heavy atom. The average Bonchev–Trinajstić information content (AvgIpc) is 3.17. The van der Waals surface area contributed by atoms with E-state index in [1.165, 1.54) is 5.56 Å². The van der Waals surface area contributed by atoms with Gasteiger partial charge in [-0.15, -0.1) is 0 Å². The lowest BCUT2D eigenvalue weighted by atomic mass is 9.94. The average molecular weight is 379 g/mol. The Kier molecular flexibility index (Phi) is 4.48. The molecule has 5 rings (SSSR count). The highest BCUT2D eigenvalue weighted by molar-refractivity contribution is 6.31. The fourth-order valence-electron chi connectivity index (χ4n) is 3.81. The van der Waals surface area contributed by atoms with Crippen LogP contribution in [0.3, 0.4) is 0 Å². The molecular weight excluding hydrogens is 358 g/mol. The second-order valence-electron chi connectivity index (χ2n) is 7.40. The normalized spacial score (nSPS) is 20.2. The maximum Gasteiger partial charge on any atom is 0.244 e. The molecule has 0 amide bonds.